The number of carbonyl (C=O) groups excluding carboxylic acids is 5. The molecule has 6 heterocycles. The molecule has 6 bridgehead atoms. The van der Waals surface area contributed by atoms with Gasteiger partial charge in [-0.15, -0.1) is 0 Å². The Morgan fingerprint density at radius 2 is 0.760 bits per heavy atom. The van der Waals surface area contributed by atoms with Gasteiger partial charge in [-0.1, -0.05) is 182 Å². The first-order valence-corrected chi connectivity index (χ1v) is 34.1. The summed E-state index contributed by atoms with van der Waals surface area (Å²) in [6.07, 6.45) is 3.81. The number of fused-ring (bicyclic) bond motifs is 6. The van der Waals surface area contributed by atoms with Crippen LogP contribution < -0.4 is 0 Å². The van der Waals surface area contributed by atoms with Crippen LogP contribution in [0.5, 0.6) is 0 Å². The summed E-state index contributed by atoms with van der Waals surface area (Å²) in [6.45, 7) is 2.93. The van der Waals surface area contributed by atoms with Crippen molar-refractivity contribution in [2.45, 2.75) is 182 Å². The monoisotopic (exact) mass is 1410 g/mol. The molecule has 12 rings (SSSR count). The Morgan fingerprint density at radius 3 is 1.10 bits per heavy atom. The number of carboxylic acids is 1. The molecule has 6 fully saturated rings. The van der Waals surface area contributed by atoms with E-state index in [1.807, 2.05) is 6.07 Å². The smallest absolute Gasteiger partial charge is 0.351 e. The molecule has 542 valence electrons. The number of ether oxygens (including phenoxy) is 4. The maximum Gasteiger partial charge on any atom is 0.351 e. The molecular formula is C77H93ClF5N3O14. The number of alkyl halides is 5. The molecule has 6 aliphatic heterocycles. The molecule has 6 saturated heterocycles. The van der Waals surface area contributed by atoms with E-state index >= 15 is 0 Å². The van der Waals surface area contributed by atoms with Gasteiger partial charge in [-0.25, -0.2) is 45.9 Å². The fraction of sp³-hybridized carbons (Fsp3) is 0.455. The first-order chi connectivity index (χ1) is 47.9. The molecular weight excluding hydrogens is 1320 g/mol. The summed E-state index contributed by atoms with van der Waals surface area (Å²) >= 11 is 4.95. The molecule has 0 amide bonds. The number of piperidine rings is 3. The minimum absolute atomic E-state index is 0.00583. The molecule has 12 atom stereocenters. The van der Waals surface area contributed by atoms with Gasteiger partial charge in [0.25, 0.3) is 10.9 Å². The number of aliphatic hydroxyl groups excluding tert-OH is 3. The van der Waals surface area contributed by atoms with Gasteiger partial charge in [0.05, 0.1) is 25.9 Å². The molecule has 0 aromatic heterocycles. The topological polar surface area (TPSA) is 230 Å². The van der Waals surface area contributed by atoms with Gasteiger partial charge in [0.2, 0.25) is 18.5 Å². The Kier molecular flexibility index (Phi) is 33.3. The molecule has 4 N–H and O–H groups in total. The third-order valence-electron chi connectivity index (χ3n) is 18.6. The van der Waals surface area contributed by atoms with Crippen LogP contribution in [-0.2, 0) is 53.4 Å². The van der Waals surface area contributed by atoms with Gasteiger partial charge in [-0.2, -0.15) is 0 Å². The quantitative estimate of drug-likeness (QED) is 0.0288. The van der Waals surface area contributed by atoms with E-state index in [2.05, 4.69) is 45.3 Å². The third kappa shape index (κ3) is 24.1. The highest BCUT2D eigenvalue weighted by Crippen LogP contribution is 2.39. The maximum absolute atomic E-state index is 15.0. The fourth-order valence-corrected chi connectivity index (χ4v) is 13.1. The Bertz CT molecular complexity index is 3270. The molecule has 100 heavy (non-hydrogen) atoms. The van der Waals surface area contributed by atoms with Gasteiger partial charge in [0, 0.05) is 41.8 Å². The number of aliphatic hydroxyl groups is 3. The first kappa shape index (κ1) is 81.0. The summed E-state index contributed by atoms with van der Waals surface area (Å²) in [6, 6.07) is 52.5. The zero-order valence-corrected chi connectivity index (χ0v) is 57.7. The minimum Gasteiger partial charge on any atom is -0.479 e. The second kappa shape index (κ2) is 41.1. The highest BCUT2D eigenvalue weighted by Gasteiger charge is 2.46. The second-order valence-corrected chi connectivity index (χ2v) is 25.6. The molecule has 17 nitrogen and oxygen atoms in total. The number of nitrogens with zero attached hydrogens (tertiary/aromatic N) is 3. The number of carbonyl (C=O) groups is 6. The van der Waals surface area contributed by atoms with Gasteiger partial charge >= 0.3 is 29.8 Å². The third-order valence-corrected chi connectivity index (χ3v) is 18.8. The summed E-state index contributed by atoms with van der Waals surface area (Å²) in [5.41, 5.74) is -0.606. The zero-order chi connectivity index (χ0) is 72.9. The summed E-state index contributed by atoms with van der Waals surface area (Å²) in [7, 11) is 6.41. The van der Waals surface area contributed by atoms with Gasteiger partial charge in [0.15, 0.2) is 12.3 Å². The average molecular weight is 1420 g/mol. The number of aliphatic carboxylic acids is 1. The SMILES string of the molecule is CCOC(=O)C(F)c1ccccc1.CCOC(=O)C(O)c1ccccc1.CN1C2CCC1CC(O)C2.CN1C2CCC1CC(OC(=O)C(F)(CO)c1ccccc1)C2.CN1C2CCC1CC(OC(=O)C(F)c1ccccc1)C2.O=C(Cl)C(F)c1ccccc1.O=C(O)C(F)c1ccccc1. The number of rotatable bonds is 17. The number of benzene rings is 6. The predicted molar refractivity (Wildman–Crippen MR) is 368 cm³/mol. The molecule has 6 aliphatic rings. The molecule has 0 saturated carbocycles. The fourth-order valence-electron chi connectivity index (χ4n) is 13.0. The average Bonchev–Trinajstić information content (AvgIpc) is 1.20. The van der Waals surface area contributed by atoms with E-state index < -0.39 is 78.2 Å². The Balaban J connectivity index is 0.000000188. The first-order valence-electron chi connectivity index (χ1n) is 33.8. The van der Waals surface area contributed by atoms with Gasteiger partial charge in [0.1, 0.15) is 12.2 Å². The van der Waals surface area contributed by atoms with Crippen LogP contribution >= 0.6 is 11.6 Å². The van der Waals surface area contributed by atoms with Gasteiger partial charge in [-0.05, 0) is 151 Å². The number of hydrogen-bond acceptors (Lipinski definition) is 16. The highest BCUT2D eigenvalue weighted by molar-refractivity contribution is 6.64. The van der Waals surface area contributed by atoms with Crippen LogP contribution in [0.4, 0.5) is 22.0 Å². The van der Waals surface area contributed by atoms with Crippen molar-refractivity contribution in [3.8, 4) is 0 Å². The molecule has 0 aliphatic carbocycles. The lowest BCUT2D eigenvalue weighted by Crippen LogP contribution is -2.46. The Morgan fingerprint density at radius 1 is 0.460 bits per heavy atom. The summed E-state index contributed by atoms with van der Waals surface area (Å²) in [5, 5.41) is 35.5. The van der Waals surface area contributed by atoms with E-state index in [-0.39, 0.29) is 42.7 Å². The van der Waals surface area contributed by atoms with Crippen molar-refractivity contribution in [2.24, 2.45) is 0 Å². The van der Waals surface area contributed by atoms with Crippen molar-refractivity contribution in [3.63, 3.8) is 0 Å². The number of esters is 4. The second-order valence-electron chi connectivity index (χ2n) is 25.2. The normalized spacial score (nSPS) is 23.7. The minimum atomic E-state index is -2.48. The van der Waals surface area contributed by atoms with Crippen LogP contribution in [0.3, 0.4) is 0 Å². The Labute approximate surface area is 587 Å². The van der Waals surface area contributed by atoms with Crippen molar-refractivity contribution < 1.29 is 90.1 Å². The molecule has 6 aromatic rings. The molecule has 6 aromatic carbocycles. The van der Waals surface area contributed by atoms with Crippen molar-refractivity contribution in [1.29, 1.82) is 0 Å². The van der Waals surface area contributed by atoms with Crippen molar-refractivity contribution in [3.05, 3.63) is 215 Å². The van der Waals surface area contributed by atoms with E-state index in [1.54, 1.807) is 153 Å². The largest absolute Gasteiger partial charge is 0.479 e. The number of carboxylic acid groups (broad SMARTS) is 1. The van der Waals surface area contributed by atoms with E-state index in [0.29, 0.717) is 58.5 Å². The molecule has 23 heteroatoms. The van der Waals surface area contributed by atoms with E-state index in [9.17, 15) is 66.0 Å². The van der Waals surface area contributed by atoms with Crippen LogP contribution in [0, 0.1) is 0 Å². The van der Waals surface area contributed by atoms with Crippen LogP contribution in [0.1, 0.15) is 155 Å². The maximum atomic E-state index is 15.0. The lowest BCUT2D eigenvalue weighted by atomic mass is 9.96. The molecule has 12 unspecified atom stereocenters. The van der Waals surface area contributed by atoms with E-state index in [4.69, 9.17) is 26.2 Å². The molecule has 0 radical (unpaired) electrons. The van der Waals surface area contributed by atoms with E-state index in [0.717, 1.165) is 64.2 Å². The lowest BCUT2D eigenvalue weighted by Gasteiger charge is -2.36. The highest BCUT2D eigenvalue weighted by atomic mass is 35.5. The number of halogens is 6. The lowest BCUT2D eigenvalue weighted by molar-refractivity contribution is -0.170. The van der Waals surface area contributed by atoms with Crippen LogP contribution in [0.2, 0.25) is 0 Å². The zero-order valence-electron chi connectivity index (χ0n) is 57.0. The van der Waals surface area contributed by atoms with Crippen molar-refractivity contribution >= 4 is 46.7 Å². The van der Waals surface area contributed by atoms with E-state index in [1.165, 1.54) is 49.2 Å². The van der Waals surface area contributed by atoms with Crippen LogP contribution in [0.15, 0.2) is 182 Å². The van der Waals surface area contributed by atoms with Gasteiger partial charge in [-0.3, -0.25) is 4.79 Å². The summed E-state index contributed by atoms with van der Waals surface area (Å²) < 4.78 is 87.8. The summed E-state index contributed by atoms with van der Waals surface area (Å²) in [4.78, 5) is 73.8. The van der Waals surface area contributed by atoms with Crippen molar-refractivity contribution in [1.82, 2.24) is 14.7 Å². The Hall–Kier alpha value is -7.96. The summed E-state index contributed by atoms with van der Waals surface area (Å²) in [5.74, 6) is -4.60. The van der Waals surface area contributed by atoms with Crippen LogP contribution in [-0.4, -0.2) is 166 Å². The standard InChI is InChI=1S/C17H22FNO3.C16H20FNO2.C10H11FO2.C10H12O3.C8H6ClFO.C8H7FO2.C8H15NO/c1-19-13-7-8-14(19)10-15(9-13)22-16(21)17(18,11-20)12-5-3-2-4-6-12;1-18-12-7-8-13(18)10-14(9-12)20-16(19)15(17)11-5-3-2-4-6-11;2*1-2-13-10(12)9(11)8-6-4-3-5-7-8;9-8(11)7(10)6-4-2-1-3-5-6;9-7(8(10)11)6-4-2-1-3-5-6;1-9-6-2-3-7(9)5-8(10)4-6/h2-6,13-15,20H,7-11H2,1H3;2-6,12-15H,7-10H2,1H3;3-7,9H,2H2,1H3;3-7,9,11H,2H2,1H3;1-5,7H;1-5,7H,(H,10,11);6-8,10H,2-5H2,1H3. The van der Waals surface area contributed by atoms with Gasteiger partial charge < -0.3 is 54.1 Å². The predicted octanol–water partition coefficient (Wildman–Crippen LogP) is 13.3. The van der Waals surface area contributed by atoms with Crippen LogP contribution in [0.25, 0.3) is 0 Å². The van der Waals surface area contributed by atoms with Crippen molar-refractivity contribution in [2.75, 3.05) is 41.0 Å². The molecule has 0 spiro atoms. The number of hydrogen-bond donors (Lipinski definition) is 4.